The van der Waals surface area contributed by atoms with Crippen molar-refractivity contribution in [3.8, 4) is 5.75 Å². The van der Waals surface area contributed by atoms with Gasteiger partial charge in [0.2, 0.25) is 0 Å². The number of phenolic OH excluding ortho intramolecular Hbond substituents is 1. The van der Waals surface area contributed by atoms with E-state index in [1.807, 2.05) is 0 Å². The highest BCUT2D eigenvalue weighted by Crippen LogP contribution is 2.18. The molecule has 0 saturated carbocycles. The molecule has 0 atom stereocenters. The van der Waals surface area contributed by atoms with Crippen molar-refractivity contribution in [1.29, 1.82) is 0 Å². The molecule has 1 aromatic heterocycles. The van der Waals surface area contributed by atoms with Gasteiger partial charge in [0.25, 0.3) is 10.0 Å². The van der Waals surface area contributed by atoms with E-state index in [9.17, 15) is 13.5 Å². The summed E-state index contributed by atoms with van der Waals surface area (Å²) in [6, 6.07) is 10.5. The zero-order valence-corrected chi connectivity index (χ0v) is 10.5. The molecular weight excluding hydrogens is 252 g/mol. The second-order valence-corrected chi connectivity index (χ2v) is 5.45. The highest BCUT2D eigenvalue weighted by molar-refractivity contribution is 7.92. The van der Waals surface area contributed by atoms with Crippen LogP contribution in [0.1, 0.15) is 5.69 Å². The Labute approximate surface area is 105 Å². The fourth-order valence-electron chi connectivity index (χ4n) is 1.45. The summed E-state index contributed by atoms with van der Waals surface area (Å²) >= 11 is 0. The number of rotatable bonds is 3. The van der Waals surface area contributed by atoms with Crippen molar-refractivity contribution >= 4 is 15.8 Å². The van der Waals surface area contributed by atoms with Crippen LogP contribution in [-0.2, 0) is 10.0 Å². The number of nitrogens with zero attached hydrogens (tertiary/aromatic N) is 1. The van der Waals surface area contributed by atoms with Crippen molar-refractivity contribution in [2.24, 2.45) is 0 Å². The molecule has 0 aliphatic heterocycles. The number of benzene rings is 1. The Kier molecular flexibility index (Phi) is 3.20. The van der Waals surface area contributed by atoms with Crippen molar-refractivity contribution in [3.05, 3.63) is 48.2 Å². The summed E-state index contributed by atoms with van der Waals surface area (Å²) in [4.78, 5) is 4.05. The number of anilines is 1. The van der Waals surface area contributed by atoms with E-state index in [0.29, 0.717) is 5.69 Å². The molecule has 2 rings (SSSR count). The third kappa shape index (κ3) is 2.78. The lowest BCUT2D eigenvalue weighted by molar-refractivity contribution is 0.473. The number of phenols is 1. The zero-order valence-electron chi connectivity index (χ0n) is 9.66. The first kappa shape index (κ1) is 12.4. The maximum atomic E-state index is 12.0. The summed E-state index contributed by atoms with van der Waals surface area (Å²) in [6.07, 6.45) is 0. The van der Waals surface area contributed by atoms with E-state index in [0.717, 1.165) is 0 Å². The van der Waals surface area contributed by atoms with Crippen molar-refractivity contribution in [2.75, 3.05) is 4.72 Å². The van der Waals surface area contributed by atoms with Crippen LogP contribution in [0.15, 0.2) is 47.4 Å². The lowest BCUT2D eigenvalue weighted by Gasteiger charge is -2.07. The average Bonchev–Trinajstić information content (AvgIpc) is 2.28. The van der Waals surface area contributed by atoms with Crippen LogP contribution in [0.25, 0.3) is 0 Å². The molecule has 2 aromatic rings. The monoisotopic (exact) mass is 264 g/mol. The van der Waals surface area contributed by atoms with Crippen molar-refractivity contribution in [3.63, 3.8) is 0 Å². The molecule has 0 aliphatic rings. The molecule has 0 amide bonds. The molecular formula is C12H12N2O3S. The second-order valence-electron chi connectivity index (χ2n) is 3.77. The Morgan fingerprint density at radius 3 is 2.56 bits per heavy atom. The Hall–Kier alpha value is -2.08. The predicted molar refractivity (Wildman–Crippen MR) is 67.9 cm³/mol. The van der Waals surface area contributed by atoms with Gasteiger partial charge in [-0.1, -0.05) is 12.1 Å². The van der Waals surface area contributed by atoms with Gasteiger partial charge in [-0.2, -0.15) is 0 Å². The Morgan fingerprint density at radius 2 is 1.89 bits per heavy atom. The number of aromatic nitrogens is 1. The van der Waals surface area contributed by atoms with Gasteiger partial charge in [0.15, 0.2) is 0 Å². The third-order valence-corrected chi connectivity index (χ3v) is 3.61. The summed E-state index contributed by atoms with van der Waals surface area (Å²) in [5.74, 6) is 0.147. The topological polar surface area (TPSA) is 79.3 Å². The van der Waals surface area contributed by atoms with Crippen molar-refractivity contribution < 1.29 is 13.5 Å². The van der Waals surface area contributed by atoms with E-state index in [1.54, 1.807) is 25.1 Å². The van der Waals surface area contributed by atoms with E-state index in [1.165, 1.54) is 24.3 Å². The van der Waals surface area contributed by atoms with Crippen LogP contribution < -0.4 is 4.72 Å². The maximum absolute atomic E-state index is 12.0. The smallest absolute Gasteiger partial charge is 0.263 e. The summed E-state index contributed by atoms with van der Waals surface area (Å²) < 4.78 is 26.4. The first-order chi connectivity index (χ1) is 8.47. The lowest BCUT2D eigenvalue weighted by Crippen LogP contribution is -2.13. The Morgan fingerprint density at radius 1 is 1.17 bits per heavy atom. The molecule has 94 valence electrons. The number of sulfonamides is 1. The molecule has 0 unspecified atom stereocenters. The number of hydrogen-bond acceptors (Lipinski definition) is 4. The third-order valence-electron chi connectivity index (χ3n) is 2.26. The van der Waals surface area contributed by atoms with E-state index >= 15 is 0 Å². The van der Waals surface area contributed by atoms with Crippen LogP contribution in [0, 0.1) is 6.92 Å². The summed E-state index contributed by atoms with van der Waals surface area (Å²) in [5, 5.41) is 9.28. The minimum Gasteiger partial charge on any atom is -0.508 e. The fourth-order valence-corrected chi connectivity index (χ4v) is 2.49. The highest BCUT2D eigenvalue weighted by atomic mass is 32.2. The van der Waals surface area contributed by atoms with Gasteiger partial charge in [0, 0.05) is 11.8 Å². The molecule has 0 saturated heterocycles. The molecule has 6 heteroatoms. The Balaban J connectivity index is 2.33. The highest BCUT2D eigenvalue weighted by Gasteiger charge is 2.15. The molecule has 0 bridgehead atoms. The molecule has 0 fully saturated rings. The number of pyridine rings is 1. The first-order valence-electron chi connectivity index (χ1n) is 5.23. The normalized spacial score (nSPS) is 11.2. The van der Waals surface area contributed by atoms with Gasteiger partial charge in [-0.25, -0.2) is 13.4 Å². The van der Waals surface area contributed by atoms with E-state index < -0.39 is 10.0 Å². The summed E-state index contributed by atoms with van der Waals surface area (Å²) in [7, 11) is -3.73. The molecule has 1 heterocycles. The van der Waals surface area contributed by atoms with E-state index in [4.69, 9.17) is 0 Å². The second kappa shape index (κ2) is 4.66. The maximum Gasteiger partial charge on any atom is 0.263 e. The van der Waals surface area contributed by atoms with Crippen LogP contribution in [0.4, 0.5) is 5.82 Å². The molecule has 1 aromatic carbocycles. The van der Waals surface area contributed by atoms with Crippen LogP contribution in [0.3, 0.4) is 0 Å². The van der Waals surface area contributed by atoms with Gasteiger partial charge in [-0.3, -0.25) is 4.72 Å². The SMILES string of the molecule is Cc1cccc(NS(=O)(=O)c2cccc(O)c2)n1. The largest absolute Gasteiger partial charge is 0.508 e. The molecule has 0 radical (unpaired) electrons. The van der Waals surface area contributed by atoms with Gasteiger partial charge >= 0.3 is 0 Å². The quantitative estimate of drug-likeness (QED) is 0.887. The van der Waals surface area contributed by atoms with Crippen LogP contribution in [0.2, 0.25) is 0 Å². The van der Waals surface area contributed by atoms with Gasteiger partial charge in [0.1, 0.15) is 11.6 Å². The minimum absolute atomic E-state index is 0.00851. The number of hydrogen-bond donors (Lipinski definition) is 2. The van der Waals surface area contributed by atoms with Crippen molar-refractivity contribution in [1.82, 2.24) is 4.98 Å². The molecule has 2 N–H and O–H groups in total. The lowest BCUT2D eigenvalue weighted by atomic mass is 10.3. The summed E-state index contributed by atoms with van der Waals surface area (Å²) in [6.45, 7) is 1.77. The molecule has 18 heavy (non-hydrogen) atoms. The summed E-state index contributed by atoms with van der Waals surface area (Å²) in [5.41, 5.74) is 0.714. The van der Waals surface area contributed by atoms with E-state index in [-0.39, 0.29) is 16.5 Å². The molecule has 0 spiro atoms. The van der Waals surface area contributed by atoms with Crippen LogP contribution >= 0.6 is 0 Å². The predicted octanol–water partition coefficient (Wildman–Crippen LogP) is 1.90. The standard InChI is InChI=1S/C12H12N2O3S/c1-9-4-2-7-12(13-9)14-18(16,17)11-6-3-5-10(15)8-11/h2-8,15H,1H3,(H,13,14). The minimum atomic E-state index is -3.73. The van der Waals surface area contributed by atoms with Gasteiger partial charge in [0.05, 0.1) is 4.90 Å². The zero-order chi connectivity index (χ0) is 13.2. The number of aromatic hydroxyl groups is 1. The fraction of sp³-hybridized carbons (Fsp3) is 0.0833. The van der Waals surface area contributed by atoms with Gasteiger partial charge in [-0.15, -0.1) is 0 Å². The molecule has 5 nitrogen and oxygen atoms in total. The number of nitrogens with one attached hydrogen (secondary N) is 1. The first-order valence-corrected chi connectivity index (χ1v) is 6.71. The van der Waals surface area contributed by atoms with Crippen LogP contribution in [0.5, 0.6) is 5.75 Å². The van der Waals surface area contributed by atoms with Gasteiger partial charge in [-0.05, 0) is 31.2 Å². The average molecular weight is 264 g/mol. The van der Waals surface area contributed by atoms with Gasteiger partial charge < -0.3 is 5.11 Å². The Bertz CT molecular complexity index is 669. The number of aryl methyl sites for hydroxylation is 1. The molecule has 0 aliphatic carbocycles. The van der Waals surface area contributed by atoms with Crippen LogP contribution in [-0.4, -0.2) is 18.5 Å². The van der Waals surface area contributed by atoms with Crippen molar-refractivity contribution in [2.45, 2.75) is 11.8 Å². The van der Waals surface area contributed by atoms with E-state index in [2.05, 4.69) is 9.71 Å².